The zero-order valence-corrected chi connectivity index (χ0v) is 15.3. The Labute approximate surface area is 154 Å². The molecule has 0 saturated heterocycles. The van der Waals surface area contributed by atoms with Gasteiger partial charge in [-0.15, -0.1) is 0 Å². The summed E-state index contributed by atoms with van der Waals surface area (Å²) in [5, 5.41) is 13.0. The van der Waals surface area contributed by atoms with Crippen molar-refractivity contribution in [1.29, 1.82) is 5.26 Å². The van der Waals surface area contributed by atoms with Crippen LogP contribution in [-0.4, -0.2) is 19.2 Å². The summed E-state index contributed by atoms with van der Waals surface area (Å²) in [6.45, 7) is 1.62. The van der Waals surface area contributed by atoms with Crippen LogP contribution in [0.15, 0.2) is 46.0 Å². The van der Waals surface area contributed by atoms with Crippen molar-refractivity contribution in [3.63, 3.8) is 0 Å². The Kier molecular flexibility index (Phi) is 6.54. The standard InChI is InChI=1S/C18H16BrN3O3/c1-12(23)22-21-10-15-7-17(24-2)18(8-16(15)19)25-11-14-6-4-3-5-13(14)9-20/h3-8,10H,11H2,1-2H3,(H,22,23)/b21-10-. The molecule has 0 spiro atoms. The minimum absolute atomic E-state index is 0.242. The van der Waals surface area contributed by atoms with Crippen LogP contribution >= 0.6 is 15.9 Å². The quantitative estimate of drug-likeness (QED) is 0.593. The second kappa shape index (κ2) is 8.85. The van der Waals surface area contributed by atoms with Crippen molar-refractivity contribution >= 4 is 28.1 Å². The lowest BCUT2D eigenvalue weighted by Crippen LogP contribution is -2.12. The summed E-state index contributed by atoms with van der Waals surface area (Å²) < 4.78 is 11.9. The minimum atomic E-state index is -0.254. The first-order chi connectivity index (χ1) is 12.0. The van der Waals surface area contributed by atoms with E-state index in [2.05, 4.69) is 32.5 Å². The molecule has 25 heavy (non-hydrogen) atoms. The van der Waals surface area contributed by atoms with Crippen LogP contribution in [0.3, 0.4) is 0 Å². The third kappa shape index (κ3) is 5.06. The van der Waals surface area contributed by atoms with E-state index in [0.29, 0.717) is 17.1 Å². The van der Waals surface area contributed by atoms with Gasteiger partial charge in [0.25, 0.3) is 0 Å². The molecule has 0 heterocycles. The molecule has 0 saturated carbocycles. The summed E-state index contributed by atoms with van der Waals surface area (Å²) in [6.07, 6.45) is 1.50. The number of nitrogens with zero attached hydrogens (tertiary/aromatic N) is 2. The smallest absolute Gasteiger partial charge is 0.236 e. The van der Waals surface area contributed by atoms with Crippen molar-refractivity contribution in [3.8, 4) is 17.6 Å². The predicted molar refractivity (Wildman–Crippen MR) is 97.6 cm³/mol. The average molecular weight is 402 g/mol. The van der Waals surface area contributed by atoms with Gasteiger partial charge in [0.05, 0.1) is 25.0 Å². The van der Waals surface area contributed by atoms with Crippen LogP contribution in [0.4, 0.5) is 0 Å². The van der Waals surface area contributed by atoms with Crippen molar-refractivity contribution in [2.45, 2.75) is 13.5 Å². The molecule has 0 aliphatic rings. The monoisotopic (exact) mass is 401 g/mol. The van der Waals surface area contributed by atoms with Gasteiger partial charge in [-0.25, -0.2) is 5.43 Å². The van der Waals surface area contributed by atoms with Gasteiger partial charge >= 0.3 is 0 Å². The normalized spacial score (nSPS) is 10.3. The molecule has 1 N–H and O–H groups in total. The summed E-state index contributed by atoms with van der Waals surface area (Å²) in [6, 6.07) is 12.9. The third-order valence-corrected chi connectivity index (χ3v) is 3.92. The highest BCUT2D eigenvalue weighted by molar-refractivity contribution is 9.10. The zero-order chi connectivity index (χ0) is 18.2. The van der Waals surface area contributed by atoms with Crippen molar-refractivity contribution in [2.24, 2.45) is 5.10 Å². The molecular formula is C18H16BrN3O3. The highest BCUT2D eigenvalue weighted by Gasteiger charge is 2.11. The summed E-state index contributed by atoms with van der Waals surface area (Å²) in [5.41, 5.74) is 4.42. The van der Waals surface area contributed by atoms with Crippen LogP contribution in [0, 0.1) is 11.3 Å². The molecule has 0 aromatic heterocycles. The second-order valence-electron chi connectivity index (χ2n) is 5.01. The number of methoxy groups -OCH3 is 1. The zero-order valence-electron chi connectivity index (χ0n) is 13.7. The molecule has 1 amide bonds. The molecule has 7 heteroatoms. The Bertz CT molecular complexity index is 844. The number of amides is 1. The first-order valence-electron chi connectivity index (χ1n) is 7.33. The van der Waals surface area contributed by atoms with Gasteiger partial charge in [0.2, 0.25) is 5.91 Å². The first kappa shape index (κ1) is 18.5. The maximum absolute atomic E-state index is 10.9. The average Bonchev–Trinajstić information content (AvgIpc) is 2.61. The number of nitriles is 1. The van der Waals surface area contributed by atoms with Crippen molar-refractivity contribution in [3.05, 3.63) is 57.6 Å². The number of ether oxygens (including phenoxy) is 2. The Morgan fingerprint density at radius 1 is 1.36 bits per heavy atom. The predicted octanol–water partition coefficient (Wildman–Crippen LogP) is 3.38. The second-order valence-corrected chi connectivity index (χ2v) is 5.86. The molecule has 128 valence electrons. The van der Waals surface area contributed by atoms with Gasteiger partial charge in [-0.1, -0.05) is 18.2 Å². The van der Waals surface area contributed by atoms with Gasteiger partial charge in [-0.05, 0) is 34.1 Å². The number of carbonyl (C=O) groups excluding carboxylic acids is 1. The maximum Gasteiger partial charge on any atom is 0.236 e. The number of benzene rings is 2. The summed E-state index contributed by atoms with van der Waals surface area (Å²) in [5.74, 6) is 0.788. The Hall–Kier alpha value is -2.85. The highest BCUT2D eigenvalue weighted by Crippen LogP contribution is 2.33. The van der Waals surface area contributed by atoms with E-state index >= 15 is 0 Å². The van der Waals surface area contributed by atoms with Crippen molar-refractivity contribution < 1.29 is 14.3 Å². The third-order valence-electron chi connectivity index (χ3n) is 3.23. The molecule has 0 aliphatic carbocycles. The van der Waals surface area contributed by atoms with E-state index in [-0.39, 0.29) is 12.5 Å². The van der Waals surface area contributed by atoms with Gasteiger partial charge in [-0.2, -0.15) is 10.4 Å². The van der Waals surface area contributed by atoms with Crippen LogP contribution in [0.2, 0.25) is 0 Å². The number of rotatable bonds is 6. The first-order valence-corrected chi connectivity index (χ1v) is 8.12. The molecule has 2 aromatic carbocycles. The fourth-order valence-electron chi connectivity index (χ4n) is 2.03. The lowest BCUT2D eigenvalue weighted by atomic mass is 10.1. The molecule has 0 radical (unpaired) electrons. The fraction of sp³-hybridized carbons (Fsp3) is 0.167. The molecule has 2 aromatic rings. The van der Waals surface area contributed by atoms with Crippen LogP contribution in [0.25, 0.3) is 0 Å². The Balaban J connectivity index is 2.21. The van der Waals surface area contributed by atoms with Gasteiger partial charge in [0.1, 0.15) is 6.61 Å². The van der Waals surface area contributed by atoms with Crippen LogP contribution in [0.5, 0.6) is 11.5 Å². The van der Waals surface area contributed by atoms with E-state index in [1.54, 1.807) is 18.2 Å². The molecule has 0 bridgehead atoms. The highest BCUT2D eigenvalue weighted by atomic mass is 79.9. The molecule has 0 unspecified atom stereocenters. The molecular weight excluding hydrogens is 386 g/mol. The topological polar surface area (TPSA) is 83.7 Å². The molecule has 0 aliphatic heterocycles. The number of hydrogen-bond donors (Lipinski definition) is 1. The van der Waals surface area contributed by atoms with Crippen LogP contribution in [0.1, 0.15) is 23.6 Å². The van der Waals surface area contributed by atoms with Crippen molar-refractivity contribution in [1.82, 2.24) is 5.43 Å². The van der Waals surface area contributed by atoms with E-state index in [0.717, 1.165) is 15.6 Å². The summed E-state index contributed by atoms with van der Waals surface area (Å²) in [4.78, 5) is 10.9. The van der Waals surface area contributed by atoms with Crippen LogP contribution in [-0.2, 0) is 11.4 Å². The van der Waals surface area contributed by atoms with Gasteiger partial charge in [0, 0.05) is 22.5 Å². The van der Waals surface area contributed by atoms with E-state index in [4.69, 9.17) is 14.7 Å². The molecule has 0 fully saturated rings. The molecule has 6 nitrogen and oxygen atoms in total. The minimum Gasteiger partial charge on any atom is -0.493 e. The summed E-state index contributed by atoms with van der Waals surface area (Å²) in [7, 11) is 1.54. The molecule has 0 atom stereocenters. The van der Waals surface area contributed by atoms with Gasteiger partial charge < -0.3 is 9.47 Å². The van der Waals surface area contributed by atoms with E-state index in [1.807, 2.05) is 18.2 Å². The number of nitrogens with one attached hydrogen (secondary N) is 1. The van der Waals surface area contributed by atoms with E-state index < -0.39 is 0 Å². The number of halogens is 1. The maximum atomic E-state index is 10.9. The SMILES string of the molecule is COc1cc(/C=N\NC(C)=O)c(Br)cc1OCc1ccccc1C#N. The lowest BCUT2D eigenvalue weighted by Gasteiger charge is -2.13. The van der Waals surface area contributed by atoms with Gasteiger partial charge in [0.15, 0.2) is 11.5 Å². The van der Waals surface area contributed by atoms with Crippen molar-refractivity contribution in [2.75, 3.05) is 7.11 Å². The Morgan fingerprint density at radius 3 is 2.80 bits per heavy atom. The number of carbonyl (C=O) groups is 1. The largest absolute Gasteiger partial charge is 0.493 e. The van der Waals surface area contributed by atoms with E-state index in [1.165, 1.54) is 20.2 Å². The van der Waals surface area contributed by atoms with E-state index in [9.17, 15) is 4.79 Å². The van der Waals surface area contributed by atoms with Gasteiger partial charge in [-0.3, -0.25) is 4.79 Å². The number of hydrazone groups is 1. The summed E-state index contributed by atoms with van der Waals surface area (Å²) >= 11 is 3.44. The fourth-order valence-corrected chi connectivity index (χ4v) is 2.45. The Morgan fingerprint density at radius 2 is 2.12 bits per heavy atom. The van der Waals surface area contributed by atoms with Crippen LogP contribution < -0.4 is 14.9 Å². The molecule has 2 rings (SSSR count). The lowest BCUT2D eigenvalue weighted by molar-refractivity contribution is -0.118. The number of hydrogen-bond acceptors (Lipinski definition) is 5.